The van der Waals surface area contributed by atoms with Gasteiger partial charge in [-0.3, -0.25) is 14.7 Å². The van der Waals surface area contributed by atoms with Crippen molar-refractivity contribution in [3.63, 3.8) is 0 Å². The summed E-state index contributed by atoms with van der Waals surface area (Å²) in [4.78, 5) is 28.5. The standard InChI is InChI=1S/C27H26ClFN6O2/c1-17(20-4-2-3-5-23(20)29)33-26-21-12-18(6-7-24(21)30-15-22(26)28)19-13-31-27(32-14-19)35-10-8-34(9-11-35)16-25(36)37/h2-7,12-15,17H,8-11,16H2,1H3,(H,30,33)(H,36,37). The van der Waals surface area contributed by atoms with Crippen molar-refractivity contribution in [2.75, 3.05) is 42.9 Å². The van der Waals surface area contributed by atoms with E-state index in [2.05, 4.69) is 25.2 Å². The molecule has 1 aliphatic rings. The number of fused-ring (bicyclic) bond motifs is 1. The van der Waals surface area contributed by atoms with Crippen molar-refractivity contribution in [3.05, 3.63) is 77.5 Å². The van der Waals surface area contributed by atoms with E-state index in [-0.39, 0.29) is 18.4 Å². The zero-order chi connectivity index (χ0) is 25.9. The lowest BCUT2D eigenvalue weighted by Crippen LogP contribution is -2.48. The molecule has 37 heavy (non-hydrogen) atoms. The van der Waals surface area contributed by atoms with Crippen molar-refractivity contribution in [1.29, 1.82) is 0 Å². The van der Waals surface area contributed by atoms with Crippen LogP contribution in [0.3, 0.4) is 0 Å². The van der Waals surface area contributed by atoms with E-state index in [4.69, 9.17) is 16.7 Å². The third-order valence-electron chi connectivity index (χ3n) is 6.54. The highest BCUT2D eigenvalue weighted by Crippen LogP contribution is 2.35. The van der Waals surface area contributed by atoms with E-state index in [1.807, 2.05) is 30.0 Å². The second-order valence-electron chi connectivity index (χ2n) is 9.03. The van der Waals surface area contributed by atoms with Crippen LogP contribution in [0.2, 0.25) is 5.02 Å². The maximum atomic E-state index is 14.4. The fourth-order valence-corrected chi connectivity index (χ4v) is 4.75. The quantitative estimate of drug-likeness (QED) is 0.356. The SMILES string of the molecule is CC(Nc1c(Cl)cnc2ccc(-c3cnc(N4CCN(CC(=O)O)CC4)nc3)cc12)c1ccccc1F. The molecule has 0 aliphatic carbocycles. The number of halogens is 2. The second-order valence-corrected chi connectivity index (χ2v) is 9.44. The topological polar surface area (TPSA) is 94.5 Å². The third-order valence-corrected chi connectivity index (χ3v) is 6.83. The van der Waals surface area contributed by atoms with Gasteiger partial charge in [0.1, 0.15) is 5.82 Å². The first-order valence-electron chi connectivity index (χ1n) is 12.0. The van der Waals surface area contributed by atoms with Crippen molar-refractivity contribution >= 4 is 40.1 Å². The zero-order valence-electron chi connectivity index (χ0n) is 20.2. The van der Waals surface area contributed by atoms with Crippen LogP contribution in [0.15, 0.2) is 61.1 Å². The number of hydrogen-bond donors (Lipinski definition) is 2. The summed E-state index contributed by atoms with van der Waals surface area (Å²) in [6.45, 7) is 4.57. The van der Waals surface area contributed by atoms with Crippen LogP contribution < -0.4 is 10.2 Å². The van der Waals surface area contributed by atoms with Crippen LogP contribution in [-0.2, 0) is 4.79 Å². The predicted octanol–water partition coefficient (Wildman–Crippen LogP) is 4.86. The molecule has 0 amide bonds. The molecule has 4 aromatic rings. The van der Waals surface area contributed by atoms with E-state index < -0.39 is 5.97 Å². The average Bonchev–Trinajstić information content (AvgIpc) is 2.90. The fourth-order valence-electron chi connectivity index (χ4n) is 4.55. The summed E-state index contributed by atoms with van der Waals surface area (Å²) in [5.41, 5.74) is 3.72. The summed E-state index contributed by atoms with van der Waals surface area (Å²) in [5.74, 6) is -0.482. The van der Waals surface area contributed by atoms with Crippen LogP contribution >= 0.6 is 11.6 Å². The van der Waals surface area contributed by atoms with Crippen molar-refractivity contribution in [2.45, 2.75) is 13.0 Å². The number of anilines is 2. The first kappa shape index (κ1) is 24.9. The van der Waals surface area contributed by atoms with Gasteiger partial charge in [0.25, 0.3) is 0 Å². The number of hydrogen-bond acceptors (Lipinski definition) is 7. The molecule has 2 aromatic carbocycles. The van der Waals surface area contributed by atoms with E-state index in [9.17, 15) is 9.18 Å². The van der Waals surface area contributed by atoms with E-state index in [1.165, 1.54) is 6.07 Å². The first-order valence-corrected chi connectivity index (χ1v) is 12.4. The van der Waals surface area contributed by atoms with Crippen molar-refractivity contribution in [2.24, 2.45) is 0 Å². The Kier molecular flexibility index (Phi) is 7.16. The summed E-state index contributed by atoms with van der Waals surface area (Å²) in [7, 11) is 0. The molecular formula is C27H26ClFN6O2. The zero-order valence-corrected chi connectivity index (χ0v) is 21.0. The largest absolute Gasteiger partial charge is 0.480 e. The molecule has 0 spiro atoms. The van der Waals surface area contributed by atoms with Crippen molar-refractivity contribution in [1.82, 2.24) is 19.9 Å². The molecule has 1 fully saturated rings. The Hall–Kier alpha value is -3.82. The molecule has 3 heterocycles. The van der Waals surface area contributed by atoms with Crippen LogP contribution in [0.4, 0.5) is 16.0 Å². The van der Waals surface area contributed by atoms with Crippen molar-refractivity contribution in [3.8, 4) is 11.1 Å². The van der Waals surface area contributed by atoms with Crippen LogP contribution in [0.5, 0.6) is 0 Å². The summed E-state index contributed by atoms with van der Waals surface area (Å²) >= 11 is 6.53. The lowest BCUT2D eigenvalue weighted by molar-refractivity contribution is -0.138. The molecule has 0 saturated carbocycles. The van der Waals surface area contributed by atoms with Gasteiger partial charge in [-0.1, -0.05) is 35.9 Å². The Morgan fingerprint density at radius 2 is 1.78 bits per heavy atom. The molecule has 0 bridgehead atoms. The maximum absolute atomic E-state index is 14.4. The molecule has 190 valence electrons. The number of pyridine rings is 1. The Morgan fingerprint density at radius 3 is 2.49 bits per heavy atom. The fraction of sp³-hybridized carbons (Fsp3) is 0.259. The average molecular weight is 521 g/mol. The summed E-state index contributed by atoms with van der Waals surface area (Å²) in [6.07, 6.45) is 5.15. The summed E-state index contributed by atoms with van der Waals surface area (Å²) in [6, 6.07) is 12.2. The molecular weight excluding hydrogens is 495 g/mol. The van der Waals surface area contributed by atoms with E-state index in [0.717, 1.165) is 22.0 Å². The minimum absolute atomic E-state index is 0.0460. The molecule has 1 unspecified atom stereocenters. The molecule has 2 aromatic heterocycles. The number of nitrogens with zero attached hydrogens (tertiary/aromatic N) is 5. The number of rotatable bonds is 7. The molecule has 10 heteroatoms. The number of carbonyl (C=O) groups is 1. The van der Waals surface area contributed by atoms with Gasteiger partial charge < -0.3 is 15.3 Å². The monoisotopic (exact) mass is 520 g/mol. The van der Waals surface area contributed by atoms with Crippen LogP contribution in [0, 0.1) is 5.82 Å². The van der Waals surface area contributed by atoms with Crippen molar-refractivity contribution < 1.29 is 14.3 Å². The van der Waals surface area contributed by atoms with Crippen LogP contribution in [0.25, 0.3) is 22.0 Å². The highest BCUT2D eigenvalue weighted by Gasteiger charge is 2.21. The van der Waals surface area contributed by atoms with Crippen LogP contribution in [-0.4, -0.2) is 63.7 Å². The predicted molar refractivity (Wildman–Crippen MR) is 143 cm³/mol. The molecule has 0 radical (unpaired) electrons. The van der Waals surface area contributed by atoms with Gasteiger partial charge in [0.15, 0.2) is 0 Å². The molecule has 1 aliphatic heterocycles. The van der Waals surface area contributed by atoms with E-state index in [1.54, 1.807) is 36.8 Å². The molecule has 8 nitrogen and oxygen atoms in total. The lowest BCUT2D eigenvalue weighted by atomic mass is 10.0. The van der Waals surface area contributed by atoms with Gasteiger partial charge in [-0.2, -0.15) is 0 Å². The number of aromatic nitrogens is 3. The van der Waals surface area contributed by atoms with Gasteiger partial charge in [0.05, 0.1) is 28.8 Å². The van der Waals surface area contributed by atoms with E-state index in [0.29, 0.717) is 48.4 Å². The summed E-state index contributed by atoms with van der Waals surface area (Å²) < 4.78 is 14.4. The Balaban J connectivity index is 1.38. The summed E-state index contributed by atoms with van der Waals surface area (Å²) in [5, 5.41) is 13.6. The number of carboxylic acids is 1. The molecule has 5 rings (SSSR count). The van der Waals surface area contributed by atoms with Gasteiger partial charge >= 0.3 is 5.97 Å². The molecule has 2 N–H and O–H groups in total. The van der Waals surface area contributed by atoms with Gasteiger partial charge in [0.2, 0.25) is 5.95 Å². The number of benzene rings is 2. The first-order chi connectivity index (χ1) is 17.9. The van der Waals surface area contributed by atoms with Gasteiger partial charge in [-0.05, 0) is 30.7 Å². The minimum Gasteiger partial charge on any atom is -0.480 e. The Labute approximate surface area is 218 Å². The Bertz CT molecular complexity index is 1430. The molecule has 1 atom stereocenters. The van der Waals surface area contributed by atoms with Gasteiger partial charge in [0, 0.05) is 61.3 Å². The van der Waals surface area contributed by atoms with Gasteiger partial charge in [-0.25, -0.2) is 14.4 Å². The lowest BCUT2D eigenvalue weighted by Gasteiger charge is -2.33. The maximum Gasteiger partial charge on any atom is 0.317 e. The molecule has 1 saturated heterocycles. The third kappa shape index (κ3) is 5.47. The normalized spacial score (nSPS) is 15.1. The number of piperazine rings is 1. The highest BCUT2D eigenvalue weighted by molar-refractivity contribution is 6.34. The number of aliphatic carboxylic acids is 1. The van der Waals surface area contributed by atoms with Crippen LogP contribution in [0.1, 0.15) is 18.5 Å². The number of carboxylic acid groups (broad SMARTS) is 1. The smallest absolute Gasteiger partial charge is 0.317 e. The van der Waals surface area contributed by atoms with E-state index >= 15 is 0 Å². The number of nitrogens with one attached hydrogen (secondary N) is 1. The Morgan fingerprint density at radius 1 is 1.05 bits per heavy atom. The minimum atomic E-state index is -0.819. The highest BCUT2D eigenvalue weighted by atomic mass is 35.5. The second kappa shape index (κ2) is 10.7. The van der Waals surface area contributed by atoms with Gasteiger partial charge in [-0.15, -0.1) is 0 Å².